The van der Waals surface area contributed by atoms with E-state index in [1.165, 1.54) is 12.1 Å². The molecule has 8 nitrogen and oxygen atoms in total. The number of phenols is 1. The molecule has 0 aromatic heterocycles. The van der Waals surface area contributed by atoms with Gasteiger partial charge >= 0.3 is 12.1 Å². The van der Waals surface area contributed by atoms with Gasteiger partial charge in [0.1, 0.15) is 6.10 Å². The molecule has 2 aromatic rings. The number of phenolic OH excluding ortho intramolecular Hbond substituents is 1. The Labute approximate surface area is 165 Å². The van der Waals surface area contributed by atoms with Crippen molar-refractivity contribution in [2.75, 3.05) is 12.1 Å². The van der Waals surface area contributed by atoms with E-state index in [-0.39, 0.29) is 12.4 Å². The van der Waals surface area contributed by atoms with Gasteiger partial charge in [-0.2, -0.15) is 0 Å². The molecule has 0 fully saturated rings. The number of hydrogen-bond donors (Lipinski definition) is 3. The third-order valence-corrected chi connectivity index (χ3v) is 4.17. The normalized spacial score (nSPS) is 14.4. The summed E-state index contributed by atoms with van der Waals surface area (Å²) in [6, 6.07) is 8.33. The maximum atomic E-state index is 13.8. The summed E-state index contributed by atoms with van der Waals surface area (Å²) in [7, 11) is 0. The van der Waals surface area contributed by atoms with Crippen molar-refractivity contribution >= 4 is 17.7 Å². The van der Waals surface area contributed by atoms with Crippen molar-refractivity contribution in [3.05, 3.63) is 59.9 Å². The lowest BCUT2D eigenvalue weighted by molar-refractivity contribution is -0.131. The Bertz CT molecular complexity index is 960. The van der Waals surface area contributed by atoms with Gasteiger partial charge in [-0.3, -0.25) is 5.32 Å². The van der Waals surface area contributed by atoms with Crippen molar-refractivity contribution in [3.63, 3.8) is 0 Å². The van der Waals surface area contributed by atoms with E-state index in [1.54, 1.807) is 25.1 Å². The van der Waals surface area contributed by atoms with E-state index in [0.717, 1.165) is 18.2 Å². The first kappa shape index (κ1) is 20.0. The van der Waals surface area contributed by atoms with E-state index < -0.39 is 35.7 Å². The highest BCUT2D eigenvalue weighted by atomic mass is 19.1. The number of hydrogen-bond acceptors (Lipinski definition) is 6. The van der Waals surface area contributed by atoms with Gasteiger partial charge in [0.15, 0.2) is 23.1 Å². The van der Waals surface area contributed by atoms with Crippen LogP contribution in [-0.2, 0) is 9.53 Å². The molecule has 1 amide bonds. The zero-order valence-corrected chi connectivity index (χ0v) is 15.3. The van der Waals surface area contributed by atoms with Crippen molar-refractivity contribution in [1.82, 2.24) is 0 Å². The first-order chi connectivity index (χ1) is 13.8. The molecule has 0 unspecified atom stereocenters. The molecule has 0 radical (unpaired) electrons. The van der Waals surface area contributed by atoms with Gasteiger partial charge in [-0.15, -0.1) is 0 Å². The zero-order chi connectivity index (χ0) is 21.0. The van der Waals surface area contributed by atoms with Crippen LogP contribution >= 0.6 is 0 Å². The molecule has 2 atom stereocenters. The van der Waals surface area contributed by atoms with Crippen LogP contribution < -0.4 is 14.8 Å². The number of anilines is 1. The fourth-order valence-corrected chi connectivity index (χ4v) is 2.75. The summed E-state index contributed by atoms with van der Waals surface area (Å²) in [4.78, 5) is 23.2. The Balaban J connectivity index is 1.78. The second kappa shape index (κ2) is 8.51. The van der Waals surface area contributed by atoms with Gasteiger partial charge in [-0.05, 0) is 29.8 Å². The number of carboxylic acids is 1. The van der Waals surface area contributed by atoms with Crippen molar-refractivity contribution in [3.8, 4) is 17.2 Å². The number of aliphatic carboxylic acids is 1. The number of carbonyl (C=O) groups is 2. The molecule has 0 saturated heterocycles. The van der Waals surface area contributed by atoms with E-state index in [4.69, 9.17) is 19.3 Å². The predicted molar refractivity (Wildman–Crippen MR) is 99.4 cm³/mol. The van der Waals surface area contributed by atoms with Gasteiger partial charge in [-0.25, -0.2) is 14.0 Å². The molecule has 0 aliphatic carbocycles. The molecule has 29 heavy (non-hydrogen) atoms. The minimum atomic E-state index is -1.17. The van der Waals surface area contributed by atoms with Crippen molar-refractivity contribution in [1.29, 1.82) is 0 Å². The SMILES string of the molecule is C[C@H](/C=C/C(=O)O)[C@H](OC(=O)Nc1ccc2c(c1)OCO2)c1ccc(O)c(F)c1. The number of fused-ring (bicyclic) bond motifs is 1. The summed E-state index contributed by atoms with van der Waals surface area (Å²) >= 11 is 0. The molecular weight excluding hydrogens is 385 g/mol. The van der Waals surface area contributed by atoms with Gasteiger partial charge < -0.3 is 24.4 Å². The van der Waals surface area contributed by atoms with Gasteiger partial charge in [0.25, 0.3) is 0 Å². The largest absolute Gasteiger partial charge is 0.505 e. The number of ether oxygens (including phenoxy) is 3. The number of rotatable bonds is 6. The summed E-state index contributed by atoms with van der Waals surface area (Å²) in [5, 5.41) is 20.7. The lowest BCUT2D eigenvalue weighted by Gasteiger charge is -2.23. The third-order valence-electron chi connectivity index (χ3n) is 4.17. The van der Waals surface area contributed by atoms with Gasteiger partial charge in [0, 0.05) is 23.7 Å². The van der Waals surface area contributed by atoms with Crippen LogP contribution in [0.25, 0.3) is 0 Å². The van der Waals surface area contributed by atoms with Crippen molar-refractivity contribution in [2.24, 2.45) is 5.92 Å². The fraction of sp³-hybridized carbons (Fsp3) is 0.200. The Morgan fingerprint density at radius 1 is 1.21 bits per heavy atom. The molecule has 0 saturated carbocycles. The van der Waals surface area contributed by atoms with Crippen molar-refractivity contribution in [2.45, 2.75) is 13.0 Å². The molecule has 3 N–H and O–H groups in total. The van der Waals surface area contributed by atoms with E-state index in [1.807, 2.05) is 0 Å². The average Bonchev–Trinajstić information content (AvgIpc) is 3.14. The van der Waals surface area contributed by atoms with Crippen LogP contribution in [0.2, 0.25) is 0 Å². The molecule has 1 aliphatic heterocycles. The molecular formula is C20H18FNO7. The summed E-state index contributed by atoms with van der Waals surface area (Å²) < 4.78 is 29.7. The van der Waals surface area contributed by atoms with E-state index in [0.29, 0.717) is 17.2 Å². The molecule has 2 aromatic carbocycles. The number of benzene rings is 2. The third kappa shape index (κ3) is 4.95. The summed E-state index contributed by atoms with van der Waals surface area (Å²) in [6.45, 7) is 1.70. The van der Waals surface area contributed by atoms with Crippen LogP contribution in [0.4, 0.5) is 14.9 Å². The smallest absolute Gasteiger partial charge is 0.412 e. The molecule has 1 aliphatic rings. The van der Waals surface area contributed by atoms with Gasteiger partial charge in [0.05, 0.1) is 0 Å². The van der Waals surface area contributed by atoms with E-state index in [9.17, 15) is 19.1 Å². The predicted octanol–water partition coefficient (Wildman–Crippen LogP) is 3.83. The molecule has 1 heterocycles. The number of carbonyl (C=O) groups excluding carboxylic acids is 1. The Kier molecular flexibility index (Phi) is 5.87. The second-order valence-electron chi connectivity index (χ2n) is 6.29. The maximum Gasteiger partial charge on any atom is 0.412 e. The Hall–Kier alpha value is -3.75. The van der Waals surface area contributed by atoms with Crippen LogP contribution in [0, 0.1) is 11.7 Å². The highest BCUT2D eigenvalue weighted by molar-refractivity contribution is 5.85. The summed E-state index contributed by atoms with van der Waals surface area (Å²) in [5.74, 6) is -2.19. The lowest BCUT2D eigenvalue weighted by Crippen LogP contribution is -2.21. The van der Waals surface area contributed by atoms with E-state index >= 15 is 0 Å². The average molecular weight is 403 g/mol. The first-order valence-electron chi connectivity index (χ1n) is 8.60. The van der Waals surface area contributed by atoms with E-state index in [2.05, 4.69) is 5.32 Å². The molecule has 152 valence electrons. The lowest BCUT2D eigenvalue weighted by atomic mass is 9.96. The number of aromatic hydroxyl groups is 1. The van der Waals surface area contributed by atoms with Gasteiger partial charge in [0.2, 0.25) is 6.79 Å². The van der Waals surface area contributed by atoms with Crippen LogP contribution in [0.5, 0.6) is 17.2 Å². The summed E-state index contributed by atoms with van der Waals surface area (Å²) in [5.41, 5.74) is 0.646. The summed E-state index contributed by atoms with van der Waals surface area (Å²) in [6.07, 6.45) is 0.395. The molecule has 9 heteroatoms. The topological polar surface area (TPSA) is 114 Å². The number of halogens is 1. The van der Waals surface area contributed by atoms with Crippen LogP contribution in [-0.4, -0.2) is 29.1 Å². The second-order valence-corrected chi connectivity index (χ2v) is 6.29. The maximum absolute atomic E-state index is 13.8. The highest BCUT2D eigenvalue weighted by Gasteiger charge is 2.24. The molecule has 0 bridgehead atoms. The molecule has 0 spiro atoms. The number of carboxylic acid groups (broad SMARTS) is 1. The number of nitrogens with one attached hydrogen (secondary N) is 1. The number of amides is 1. The Morgan fingerprint density at radius 3 is 2.69 bits per heavy atom. The standard InChI is InChI=1S/C20H18FNO7/c1-11(2-7-18(24)25)19(12-3-5-15(23)14(21)8-12)29-20(26)22-13-4-6-16-17(9-13)28-10-27-16/h2-9,11,19,23H,10H2,1H3,(H,22,26)(H,24,25)/b7-2+/t11-,19+/m1/s1. The van der Waals surface area contributed by atoms with Crippen molar-refractivity contribution < 1.29 is 38.4 Å². The monoisotopic (exact) mass is 403 g/mol. The Morgan fingerprint density at radius 2 is 1.97 bits per heavy atom. The zero-order valence-electron chi connectivity index (χ0n) is 15.3. The minimum absolute atomic E-state index is 0.0884. The van der Waals surface area contributed by atoms with Crippen LogP contribution in [0.1, 0.15) is 18.6 Å². The van der Waals surface area contributed by atoms with Crippen LogP contribution in [0.15, 0.2) is 48.6 Å². The van der Waals surface area contributed by atoms with Crippen LogP contribution in [0.3, 0.4) is 0 Å². The first-order valence-corrected chi connectivity index (χ1v) is 8.60. The van der Waals surface area contributed by atoms with Gasteiger partial charge in [-0.1, -0.05) is 19.1 Å². The minimum Gasteiger partial charge on any atom is -0.505 e. The quantitative estimate of drug-likeness (QED) is 0.628. The highest BCUT2D eigenvalue weighted by Crippen LogP contribution is 2.35. The molecule has 3 rings (SSSR count). The fourth-order valence-electron chi connectivity index (χ4n) is 2.75.